The molecule has 7 heteroatoms. The summed E-state index contributed by atoms with van der Waals surface area (Å²) in [7, 11) is 0. The van der Waals surface area contributed by atoms with Gasteiger partial charge in [-0.2, -0.15) is 5.26 Å². The van der Waals surface area contributed by atoms with Crippen LogP contribution in [-0.4, -0.2) is 72.9 Å². The average Bonchev–Trinajstić information content (AvgIpc) is 2.66. The predicted molar refractivity (Wildman–Crippen MR) is 101 cm³/mol. The van der Waals surface area contributed by atoms with Crippen LogP contribution < -0.4 is 10.1 Å². The highest BCUT2D eigenvalue weighted by Gasteiger charge is 2.36. The summed E-state index contributed by atoms with van der Waals surface area (Å²) < 4.78 is 5.63. The van der Waals surface area contributed by atoms with Crippen molar-refractivity contribution in [2.45, 2.75) is 19.4 Å². The van der Waals surface area contributed by atoms with Crippen LogP contribution in [0.4, 0.5) is 4.79 Å². The van der Waals surface area contributed by atoms with Crippen LogP contribution in [0.1, 0.15) is 18.9 Å². The molecule has 1 aromatic carbocycles. The lowest BCUT2D eigenvalue weighted by Crippen LogP contribution is -2.56. The second-order valence-electron chi connectivity index (χ2n) is 7.53. The van der Waals surface area contributed by atoms with Crippen molar-refractivity contribution in [1.29, 1.82) is 5.26 Å². The molecule has 2 fully saturated rings. The van der Waals surface area contributed by atoms with E-state index in [1.54, 1.807) is 24.3 Å². The highest BCUT2D eigenvalue weighted by Crippen LogP contribution is 2.28. The third-order valence-electron chi connectivity index (χ3n) is 5.17. The van der Waals surface area contributed by atoms with Crippen molar-refractivity contribution in [3.05, 3.63) is 29.8 Å². The number of nitrogens with zero attached hydrogens (tertiary/aromatic N) is 3. The molecule has 3 rings (SSSR count). The van der Waals surface area contributed by atoms with E-state index in [-0.39, 0.29) is 12.6 Å². The fourth-order valence-corrected chi connectivity index (χ4v) is 4.13. The van der Waals surface area contributed by atoms with Crippen LogP contribution in [0.25, 0.3) is 0 Å². The fraction of sp³-hybridized carbons (Fsp3) is 0.600. The Morgan fingerprint density at radius 1 is 1.30 bits per heavy atom. The smallest absolute Gasteiger partial charge is 0.317 e. The zero-order valence-electron chi connectivity index (χ0n) is 15.8. The molecule has 2 saturated heterocycles. The molecular weight excluding hydrogens is 344 g/mol. The monoisotopic (exact) mass is 372 g/mol. The van der Waals surface area contributed by atoms with Gasteiger partial charge >= 0.3 is 6.03 Å². The summed E-state index contributed by atoms with van der Waals surface area (Å²) in [5, 5.41) is 22.0. The number of β-amino-alcohol motifs (C(OH)–C–C–N with tert-alkyl or cyclic N) is 1. The lowest BCUT2D eigenvalue weighted by Gasteiger charge is -2.46. The number of amides is 2. The molecule has 2 aliphatic rings. The summed E-state index contributed by atoms with van der Waals surface area (Å²) in [5.41, 5.74) is 0.587. The Labute approximate surface area is 160 Å². The van der Waals surface area contributed by atoms with Gasteiger partial charge in [-0.3, -0.25) is 4.90 Å². The van der Waals surface area contributed by atoms with Gasteiger partial charge in [0, 0.05) is 39.3 Å². The molecule has 146 valence electrons. The number of ether oxygens (including phenoxy) is 1. The molecular formula is C20H28N4O3. The number of fused-ring (bicyclic) bond motifs is 2. The lowest BCUT2D eigenvalue weighted by atomic mass is 9.84. The lowest BCUT2D eigenvalue weighted by molar-refractivity contribution is 0.00924. The Balaban J connectivity index is 1.44. The molecule has 27 heavy (non-hydrogen) atoms. The normalized spacial score (nSPS) is 23.4. The molecule has 0 radical (unpaired) electrons. The van der Waals surface area contributed by atoms with E-state index >= 15 is 0 Å². The fourth-order valence-electron chi connectivity index (χ4n) is 4.13. The van der Waals surface area contributed by atoms with Gasteiger partial charge in [0.25, 0.3) is 0 Å². The second kappa shape index (κ2) is 9.07. The van der Waals surface area contributed by atoms with E-state index in [0.29, 0.717) is 36.2 Å². The number of benzene rings is 1. The van der Waals surface area contributed by atoms with Gasteiger partial charge in [0.2, 0.25) is 0 Å². The Bertz CT molecular complexity index is 659. The number of carbonyl (C=O) groups excluding carboxylic acids is 1. The number of hydrogen-bond acceptors (Lipinski definition) is 5. The zero-order chi connectivity index (χ0) is 19.2. The summed E-state index contributed by atoms with van der Waals surface area (Å²) in [5.74, 6) is 1.58. The first kappa shape index (κ1) is 19.5. The quantitative estimate of drug-likeness (QED) is 0.785. The van der Waals surface area contributed by atoms with Crippen LogP contribution in [0.2, 0.25) is 0 Å². The number of nitrogens with one attached hydrogen (secondary N) is 1. The van der Waals surface area contributed by atoms with Gasteiger partial charge in [0.05, 0.1) is 11.6 Å². The number of urea groups is 1. The van der Waals surface area contributed by atoms with E-state index in [9.17, 15) is 9.90 Å². The molecule has 2 unspecified atom stereocenters. The van der Waals surface area contributed by atoms with Crippen molar-refractivity contribution < 1.29 is 14.6 Å². The molecule has 7 nitrogen and oxygen atoms in total. The third-order valence-corrected chi connectivity index (χ3v) is 5.17. The number of carbonyl (C=O) groups is 1. The van der Waals surface area contributed by atoms with Crippen LogP contribution in [0, 0.1) is 23.2 Å². The van der Waals surface area contributed by atoms with E-state index in [2.05, 4.69) is 16.3 Å². The molecule has 0 spiro atoms. The first-order valence-corrected chi connectivity index (χ1v) is 9.63. The van der Waals surface area contributed by atoms with Gasteiger partial charge in [-0.1, -0.05) is 0 Å². The van der Waals surface area contributed by atoms with Crippen molar-refractivity contribution >= 4 is 6.03 Å². The summed E-state index contributed by atoms with van der Waals surface area (Å²) in [6.45, 7) is 6.77. The Kier molecular flexibility index (Phi) is 6.54. The molecule has 2 heterocycles. The number of aliphatic hydroxyl groups is 1. The molecule has 0 saturated carbocycles. The van der Waals surface area contributed by atoms with Crippen molar-refractivity contribution in [3.63, 3.8) is 0 Å². The van der Waals surface area contributed by atoms with Gasteiger partial charge < -0.3 is 20.1 Å². The summed E-state index contributed by atoms with van der Waals surface area (Å²) in [4.78, 5) is 16.3. The molecule has 2 N–H and O–H groups in total. The number of rotatable bonds is 6. The number of likely N-dealkylation sites (tertiary alicyclic amines) is 2. The summed E-state index contributed by atoms with van der Waals surface area (Å²) >= 11 is 0. The molecule has 3 atom stereocenters. The van der Waals surface area contributed by atoms with Gasteiger partial charge in [0.15, 0.2) is 0 Å². The molecule has 2 bridgehead atoms. The van der Waals surface area contributed by atoms with E-state index in [0.717, 1.165) is 32.6 Å². The van der Waals surface area contributed by atoms with E-state index in [1.165, 1.54) is 0 Å². The summed E-state index contributed by atoms with van der Waals surface area (Å²) in [6.07, 6.45) is 0.587. The SMILES string of the molecule is CCNC(=O)N1CC2CC(CN(C[C@@H](O)COc3ccc(C#N)cc3)C2)C1. The van der Waals surface area contributed by atoms with Gasteiger partial charge in [-0.25, -0.2) is 4.79 Å². The summed E-state index contributed by atoms with van der Waals surface area (Å²) in [6, 6.07) is 9.00. The van der Waals surface area contributed by atoms with E-state index in [4.69, 9.17) is 10.00 Å². The molecule has 2 aliphatic heterocycles. The number of nitriles is 1. The Hall–Kier alpha value is -2.30. The van der Waals surface area contributed by atoms with Crippen molar-refractivity contribution in [2.24, 2.45) is 11.8 Å². The Morgan fingerprint density at radius 3 is 2.56 bits per heavy atom. The number of piperidine rings is 2. The largest absolute Gasteiger partial charge is 0.491 e. The van der Waals surface area contributed by atoms with Gasteiger partial charge in [0.1, 0.15) is 18.5 Å². The first-order valence-electron chi connectivity index (χ1n) is 9.63. The minimum atomic E-state index is -0.570. The molecule has 1 aromatic rings. The van der Waals surface area contributed by atoms with Crippen LogP contribution >= 0.6 is 0 Å². The molecule has 0 aliphatic carbocycles. The highest BCUT2D eigenvalue weighted by molar-refractivity contribution is 5.74. The minimum Gasteiger partial charge on any atom is -0.491 e. The topological polar surface area (TPSA) is 88.8 Å². The van der Waals surface area contributed by atoms with E-state index in [1.807, 2.05) is 11.8 Å². The van der Waals surface area contributed by atoms with Crippen molar-refractivity contribution in [3.8, 4) is 11.8 Å². The highest BCUT2D eigenvalue weighted by atomic mass is 16.5. The van der Waals surface area contributed by atoms with Crippen LogP contribution in [0.5, 0.6) is 5.75 Å². The van der Waals surface area contributed by atoms with Gasteiger partial charge in [-0.15, -0.1) is 0 Å². The third kappa shape index (κ3) is 5.34. The maximum Gasteiger partial charge on any atom is 0.317 e. The number of hydrogen-bond donors (Lipinski definition) is 2. The standard InChI is InChI=1S/C20H28N4O3/c1-2-22-20(26)24-11-16-7-17(12-24)10-23(9-16)13-18(25)14-27-19-5-3-15(8-21)4-6-19/h3-6,16-18,25H,2,7,9-14H2,1H3,(H,22,26)/t16?,17?,18-/m1/s1. The van der Waals surface area contributed by atoms with Crippen molar-refractivity contribution in [2.75, 3.05) is 45.9 Å². The first-order chi connectivity index (χ1) is 13.1. The molecule has 0 aromatic heterocycles. The van der Waals surface area contributed by atoms with Crippen LogP contribution in [0.15, 0.2) is 24.3 Å². The predicted octanol–water partition coefficient (Wildman–Crippen LogP) is 1.28. The van der Waals surface area contributed by atoms with Gasteiger partial charge in [-0.05, 0) is 49.4 Å². The molecule has 2 amide bonds. The maximum absolute atomic E-state index is 12.1. The maximum atomic E-state index is 12.1. The van der Waals surface area contributed by atoms with E-state index < -0.39 is 6.10 Å². The average molecular weight is 372 g/mol. The minimum absolute atomic E-state index is 0.0384. The second-order valence-corrected chi connectivity index (χ2v) is 7.53. The van der Waals surface area contributed by atoms with Crippen LogP contribution in [0.3, 0.4) is 0 Å². The Morgan fingerprint density at radius 2 is 1.96 bits per heavy atom. The zero-order valence-corrected chi connectivity index (χ0v) is 15.8. The van der Waals surface area contributed by atoms with Crippen LogP contribution in [-0.2, 0) is 0 Å². The number of aliphatic hydroxyl groups excluding tert-OH is 1. The van der Waals surface area contributed by atoms with Crippen molar-refractivity contribution in [1.82, 2.24) is 15.1 Å².